The molecule has 5 heteroatoms. The Morgan fingerprint density at radius 1 is 1.12 bits per heavy atom. The molecule has 5 nitrogen and oxygen atoms in total. The third-order valence-corrected chi connectivity index (χ3v) is 3.75. The number of nitrogens with one attached hydrogen (secondary N) is 1. The van der Waals surface area contributed by atoms with E-state index in [9.17, 15) is 14.4 Å². The summed E-state index contributed by atoms with van der Waals surface area (Å²) < 4.78 is 0. The van der Waals surface area contributed by atoms with Crippen LogP contribution in [0.25, 0.3) is 0 Å². The van der Waals surface area contributed by atoms with Crippen LogP contribution in [0.5, 0.6) is 0 Å². The molecule has 0 bridgehead atoms. The lowest BCUT2D eigenvalue weighted by Crippen LogP contribution is -2.36. The van der Waals surface area contributed by atoms with Crippen LogP contribution in [0.1, 0.15) is 25.7 Å². The average Bonchev–Trinajstić information content (AvgIpc) is 3.12. The van der Waals surface area contributed by atoms with E-state index in [1.54, 1.807) is 0 Å². The van der Waals surface area contributed by atoms with E-state index in [0.29, 0.717) is 24.3 Å². The molecule has 0 aromatic heterocycles. The van der Waals surface area contributed by atoms with Gasteiger partial charge in [0.05, 0.1) is 0 Å². The van der Waals surface area contributed by atoms with Gasteiger partial charge in [0, 0.05) is 6.54 Å². The van der Waals surface area contributed by atoms with E-state index in [1.807, 2.05) is 5.32 Å². The van der Waals surface area contributed by atoms with Crippen molar-refractivity contribution in [2.24, 2.45) is 17.8 Å². The Labute approximate surface area is 93.2 Å². The Morgan fingerprint density at radius 3 is 2.06 bits per heavy atom. The summed E-state index contributed by atoms with van der Waals surface area (Å²) in [7, 11) is 0. The van der Waals surface area contributed by atoms with Crippen LogP contribution in [-0.4, -0.2) is 29.3 Å². The molecule has 3 rings (SSSR count). The van der Waals surface area contributed by atoms with Gasteiger partial charge in [0.15, 0.2) is 0 Å². The Balaban J connectivity index is 1.70. The molecule has 0 spiro atoms. The van der Waals surface area contributed by atoms with Crippen molar-refractivity contribution in [3.63, 3.8) is 0 Å². The van der Waals surface area contributed by atoms with Crippen molar-refractivity contribution in [1.29, 1.82) is 0 Å². The zero-order valence-corrected chi connectivity index (χ0v) is 8.94. The van der Waals surface area contributed by atoms with E-state index in [4.69, 9.17) is 0 Å². The predicted octanol–water partition coefficient (Wildman–Crippen LogP) is 0.501. The first-order valence-electron chi connectivity index (χ1n) is 5.83. The third-order valence-electron chi connectivity index (χ3n) is 3.75. The molecule has 1 heterocycles. The normalized spacial score (nSPS) is 25.6. The lowest BCUT2D eigenvalue weighted by atomic mass is 9.97. The topological polar surface area (TPSA) is 66.5 Å². The van der Waals surface area contributed by atoms with Crippen molar-refractivity contribution in [3.8, 4) is 0 Å². The summed E-state index contributed by atoms with van der Waals surface area (Å²) in [5, 5.41) is 2.04. The van der Waals surface area contributed by atoms with Gasteiger partial charge < -0.3 is 0 Å². The minimum Gasteiger partial charge on any atom is -0.269 e. The molecule has 0 radical (unpaired) electrons. The highest BCUT2D eigenvalue weighted by Gasteiger charge is 2.46. The fourth-order valence-corrected chi connectivity index (χ4v) is 2.54. The van der Waals surface area contributed by atoms with Gasteiger partial charge in [0.1, 0.15) is 0 Å². The predicted molar refractivity (Wildman–Crippen MR) is 54.2 cm³/mol. The van der Waals surface area contributed by atoms with Gasteiger partial charge in [-0.25, -0.2) is 4.79 Å². The van der Waals surface area contributed by atoms with Crippen LogP contribution in [0, 0.1) is 17.8 Å². The molecule has 3 aliphatic rings. The fraction of sp³-hybridized carbons (Fsp3) is 0.727. The molecular formula is C11H14N2O3. The molecule has 0 atom stereocenters. The number of imide groups is 2. The molecule has 0 aromatic rings. The highest BCUT2D eigenvalue weighted by Crippen LogP contribution is 2.49. The Morgan fingerprint density at radius 2 is 1.69 bits per heavy atom. The van der Waals surface area contributed by atoms with E-state index in [1.165, 1.54) is 25.7 Å². The van der Waals surface area contributed by atoms with Gasteiger partial charge >= 0.3 is 17.8 Å². The number of nitrogens with zero attached hydrogens (tertiary/aromatic N) is 1. The highest BCUT2D eigenvalue weighted by molar-refractivity contribution is 6.44. The maximum Gasteiger partial charge on any atom is 0.331 e. The van der Waals surface area contributed by atoms with Crippen molar-refractivity contribution < 1.29 is 14.4 Å². The van der Waals surface area contributed by atoms with E-state index in [2.05, 4.69) is 0 Å². The SMILES string of the molecule is O=C1NC(=O)N(CC(C2CC2)C2CC2)C1=O. The Kier molecular flexibility index (Phi) is 2.02. The van der Waals surface area contributed by atoms with E-state index < -0.39 is 17.8 Å². The maximum absolute atomic E-state index is 11.4. The molecule has 16 heavy (non-hydrogen) atoms. The highest BCUT2D eigenvalue weighted by atomic mass is 16.2. The standard InChI is InChI=1S/C11H14N2O3/c14-9-10(15)13(11(16)12-9)5-8(6-1-2-6)7-3-4-7/h6-8H,1-5H2,(H,12,14,16). The molecule has 86 valence electrons. The summed E-state index contributed by atoms with van der Waals surface area (Å²) in [6, 6.07) is -0.540. The second-order valence-electron chi connectivity index (χ2n) is 5.01. The van der Waals surface area contributed by atoms with Crippen LogP contribution in [0.3, 0.4) is 0 Å². The van der Waals surface area contributed by atoms with Gasteiger partial charge in [0.25, 0.3) is 0 Å². The lowest BCUT2D eigenvalue weighted by Gasteiger charge is -2.20. The molecule has 1 aliphatic heterocycles. The monoisotopic (exact) mass is 222 g/mol. The summed E-state index contributed by atoms with van der Waals surface area (Å²) >= 11 is 0. The summed E-state index contributed by atoms with van der Waals surface area (Å²) in [5.74, 6) is 0.305. The van der Waals surface area contributed by atoms with Crippen molar-refractivity contribution >= 4 is 17.8 Å². The third kappa shape index (κ3) is 1.60. The summed E-state index contributed by atoms with van der Waals surface area (Å²) in [6.07, 6.45) is 4.83. The summed E-state index contributed by atoms with van der Waals surface area (Å²) in [4.78, 5) is 34.9. The van der Waals surface area contributed by atoms with Gasteiger partial charge in [0.2, 0.25) is 0 Å². The molecule has 1 N–H and O–H groups in total. The minimum atomic E-state index is -0.782. The molecule has 2 aliphatic carbocycles. The first-order valence-corrected chi connectivity index (χ1v) is 5.83. The van der Waals surface area contributed by atoms with Crippen molar-refractivity contribution in [2.45, 2.75) is 25.7 Å². The zero-order valence-electron chi connectivity index (χ0n) is 8.94. The minimum absolute atomic E-state index is 0.431. The smallest absolute Gasteiger partial charge is 0.269 e. The van der Waals surface area contributed by atoms with Crippen molar-refractivity contribution in [2.75, 3.05) is 6.54 Å². The van der Waals surface area contributed by atoms with Crippen molar-refractivity contribution in [1.82, 2.24) is 10.2 Å². The van der Waals surface area contributed by atoms with Crippen molar-refractivity contribution in [3.05, 3.63) is 0 Å². The summed E-state index contributed by atoms with van der Waals surface area (Å²) in [5.41, 5.74) is 0. The molecule has 4 amide bonds. The fourth-order valence-electron chi connectivity index (χ4n) is 2.54. The molecule has 1 saturated heterocycles. The summed E-state index contributed by atoms with van der Waals surface area (Å²) in [6.45, 7) is 0.436. The van der Waals surface area contributed by atoms with Gasteiger partial charge in [-0.15, -0.1) is 0 Å². The number of hydrogen-bond donors (Lipinski definition) is 1. The van der Waals surface area contributed by atoms with Crippen LogP contribution in [0.2, 0.25) is 0 Å². The molecule has 0 aromatic carbocycles. The lowest BCUT2D eigenvalue weighted by molar-refractivity contribution is -0.140. The maximum atomic E-state index is 11.4. The van der Waals surface area contributed by atoms with Gasteiger partial charge in [-0.05, 0) is 43.4 Å². The van der Waals surface area contributed by atoms with E-state index in [0.717, 1.165) is 4.90 Å². The largest absolute Gasteiger partial charge is 0.331 e. The second kappa shape index (κ2) is 3.30. The molecule has 2 saturated carbocycles. The first-order chi connectivity index (χ1) is 7.66. The van der Waals surface area contributed by atoms with Crippen LogP contribution in [0.4, 0.5) is 4.79 Å². The molecular weight excluding hydrogens is 208 g/mol. The number of carbonyl (C=O) groups is 3. The van der Waals surface area contributed by atoms with Crippen LogP contribution < -0.4 is 5.32 Å². The van der Waals surface area contributed by atoms with Gasteiger partial charge in [-0.2, -0.15) is 0 Å². The molecule has 3 fully saturated rings. The average molecular weight is 222 g/mol. The van der Waals surface area contributed by atoms with Crippen LogP contribution in [-0.2, 0) is 9.59 Å². The Hall–Kier alpha value is -1.39. The van der Waals surface area contributed by atoms with Gasteiger partial charge in [-0.1, -0.05) is 0 Å². The number of hydrogen-bond acceptors (Lipinski definition) is 3. The number of amides is 4. The zero-order chi connectivity index (χ0) is 11.3. The number of rotatable bonds is 4. The second-order valence-corrected chi connectivity index (χ2v) is 5.01. The van der Waals surface area contributed by atoms with E-state index >= 15 is 0 Å². The number of urea groups is 1. The number of carbonyl (C=O) groups excluding carboxylic acids is 3. The van der Waals surface area contributed by atoms with Gasteiger partial charge in [-0.3, -0.25) is 19.8 Å². The van der Waals surface area contributed by atoms with Crippen LogP contribution in [0.15, 0.2) is 0 Å². The first kappa shape index (κ1) is 9.81. The van der Waals surface area contributed by atoms with Crippen LogP contribution >= 0.6 is 0 Å². The van der Waals surface area contributed by atoms with E-state index in [-0.39, 0.29) is 0 Å². The Bertz CT molecular complexity index is 359. The molecule has 0 unspecified atom stereocenters. The quantitative estimate of drug-likeness (QED) is 0.556.